The van der Waals surface area contributed by atoms with E-state index in [0.29, 0.717) is 16.8 Å². The van der Waals surface area contributed by atoms with Crippen LogP contribution in [0, 0.1) is 0 Å². The summed E-state index contributed by atoms with van der Waals surface area (Å²) in [6.07, 6.45) is 2.95. The predicted octanol–water partition coefficient (Wildman–Crippen LogP) is 2.76. The van der Waals surface area contributed by atoms with Gasteiger partial charge in [-0.25, -0.2) is 4.99 Å². The van der Waals surface area contributed by atoms with Crippen molar-refractivity contribution in [3.05, 3.63) is 29.8 Å². The molecular weight excluding hydrogens is 290 g/mol. The van der Waals surface area contributed by atoms with Gasteiger partial charge in [-0.1, -0.05) is 0 Å². The summed E-state index contributed by atoms with van der Waals surface area (Å²) in [5.41, 5.74) is 1.69. The largest absolute Gasteiger partial charge is 0.493 e. The van der Waals surface area contributed by atoms with E-state index < -0.39 is 0 Å². The first-order valence-electron chi connectivity index (χ1n) is 6.73. The van der Waals surface area contributed by atoms with Gasteiger partial charge >= 0.3 is 0 Å². The molecule has 3 rings (SSSR count). The number of fused-ring (bicyclic) bond motifs is 1. The Morgan fingerprint density at radius 3 is 2.76 bits per heavy atom. The minimum atomic E-state index is 0.459. The highest BCUT2D eigenvalue weighted by atomic mass is 35.5. The second-order valence-corrected chi connectivity index (χ2v) is 5.06. The normalized spacial score (nSPS) is 17.5. The number of methoxy groups -OCH3 is 2. The predicted molar refractivity (Wildman–Crippen MR) is 84.4 cm³/mol. The average Bonchev–Trinajstić information content (AvgIpc) is 2.54. The van der Waals surface area contributed by atoms with E-state index in [0.717, 1.165) is 36.6 Å². The smallest absolute Gasteiger partial charge is 0.204 e. The molecule has 0 radical (unpaired) electrons. The van der Waals surface area contributed by atoms with E-state index in [1.807, 2.05) is 29.2 Å². The van der Waals surface area contributed by atoms with E-state index in [4.69, 9.17) is 21.1 Å². The molecule has 1 aromatic carbocycles. The molecule has 0 aromatic heterocycles. The number of aliphatic imine (C=N–C) groups is 2. The van der Waals surface area contributed by atoms with Gasteiger partial charge in [-0.05, 0) is 36.2 Å². The Bertz CT molecular complexity index is 652. The molecule has 0 spiro atoms. The molecule has 110 valence electrons. The molecule has 2 aliphatic rings. The Balaban J connectivity index is 2.00. The summed E-state index contributed by atoms with van der Waals surface area (Å²) >= 11 is 6.27. The lowest BCUT2D eigenvalue weighted by atomic mass is 10.1. The highest BCUT2D eigenvalue weighted by molar-refractivity contribution is 6.66. The zero-order chi connectivity index (χ0) is 14.8. The van der Waals surface area contributed by atoms with E-state index in [1.165, 1.54) is 0 Å². The van der Waals surface area contributed by atoms with Crippen molar-refractivity contribution in [2.75, 3.05) is 27.3 Å². The van der Waals surface area contributed by atoms with Crippen LogP contribution in [-0.4, -0.2) is 43.3 Å². The molecule has 1 aromatic rings. The van der Waals surface area contributed by atoms with Gasteiger partial charge in [0.1, 0.15) is 5.84 Å². The maximum atomic E-state index is 6.27. The number of rotatable bonds is 3. The number of hydrogen-bond donors (Lipinski definition) is 0. The fourth-order valence-corrected chi connectivity index (χ4v) is 2.65. The molecule has 0 bridgehead atoms. The standard InChI is InChI=1S/C15H16ClN3O2/c1-20-12-5-4-10(8-13(12)21-2)11-9-14-17-6-3-7-19(14)15(16)18-11/h4-5,8-9H,3,6-7H2,1-2H3. The zero-order valence-corrected chi connectivity index (χ0v) is 12.7. The summed E-state index contributed by atoms with van der Waals surface area (Å²) in [5.74, 6) is 2.21. The summed E-state index contributed by atoms with van der Waals surface area (Å²) in [6, 6.07) is 5.67. The first-order valence-corrected chi connectivity index (χ1v) is 7.11. The Labute approximate surface area is 128 Å². The Morgan fingerprint density at radius 1 is 1.19 bits per heavy atom. The van der Waals surface area contributed by atoms with E-state index in [-0.39, 0.29) is 0 Å². The quantitative estimate of drug-likeness (QED) is 0.807. The molecule has 0 fully saturated rings. The number of nitrogens with zero attached hydrogens (tertiary/aromatic N) is 3. The zero-order valence-electron chi connectivity index (χ0n) is 12.0. The van der Waals surface area contributed by atoms with Gasteiger partial charge in [0.15, 0.2) is 11.5 Å². The van der Waals surface area contributed by atoms with Crippen molar-refractivity contribution in [3.8, 4) is 11.5 Å². The van der Waals surface area contributed by atoms with E-state index in [1.54, 1.807) is 14.2 Å². The van der Waals surface area contributed by atoms with Crippen LogP contribution in [0.5, 0.6) is 11.5 Å². The summed E-state index contributed by atoms with van der Waals surface area (Å²) < 4.78 is 10.6. The van der Waals surface area contributed by atoms with Crippen molar-refractivity contribution in [1.82, 2.24) is 4.90 Å². The molecule has 0 saturated carbocycles. The number of halogens is 1. The second kappa shape index (κ2) is 5.77. The lowest BCUT2D eigenvalue weighted by Crippen LogP contribution is -2.39. The summed E-state index contributed by atoms with van der Waals surface area (Å²) in [4.78, 5) is 10.9. The second-order valence-electron chi connectivity index (χ2n) is 4.73. The van der Waals surface area contributed by atoms with Crippen molar-refractivity contribution in [2.45, 2.75) is 6.42 Å². The molecule has 0 amide bonds. The van der Waals surface area contributed by atoms with E-state index in [2.05, 4.69) is 9.98 Å². The first kappa shape index (κ1) is 13.9. The van der Waals surface area contributed by atoms with Crippen LogP contribution in [0.15, 0.2) is 34.3 Å². The third kappa shape index (κ3) is 2.61. The molecule has 0 saturated heterocycles. The van der Waals surface area contributed by atoms with Crippen molar-refractivity contribution in [1.29, 1.82) is 0 Å². The summed E-state index contributed by atoms with van der Waals surface area (Å²) in [5, 5.41) is 0.459. The van der Waals surface area contributed by atoms with Crippen LogP contribution in [0.25, 0.3) is 5.70 Å². The highest BCUT2D eigenvalue weighted by Gasteiger charge is 2.23. The van der Waals surface area contributed by atoms with Gasteiger partial charge in [0.25, 0.3) is 0 Å². The topological polar surface area (TPSA) is 46.4 Å². The Kier molecular flexibility index (Phi) is 3.84. The molecule has 2 heterocycles. The molecule has 5 nitrogen and oxygen atoms in total. The van der Waals surface area contributed by atoms with Gasteiger partial charge in [0.2, 0.25) is 5.29 Å². The van der Waals surface area contributed by atoms with Gasteiger partial charge in [-0.3, -0.25) is 4.99 Å². The van der Waals surface area contributed by atoms with E-state index in [9.17, 15) is 0 Å². The number of benzene rings is 1. The van der Waals surface area contributed by atoms with Crippen molar-refractivity contribution in [2.24, 2.45) is 9.98 Å². The molecule has 0 N–H and O–H groups in total. The van der Waals surface area contributed by atoms with E-state index >= 15 is 0 Å². The van der Waals surface area contributed by atoms with Crippen molar-refractivity contribution >= 4 is 28.4 Å². The molecule has 6 heteroatoms. The average molecular weight is 306 g/mol. The molecule has 0 atom stereocenters. The van der Waals surface area contributed by atoms with Gasteiger partial charge in [-0.15, -0.1) is 0 Å². The molecule has 0 unspecified atom stereocenters. The maximum absolute atomic E-state index is 6.27. The Hall–Kier alpha value is -2.01. The minimum Gasteiger partial charge on any atom is -0.493 e. The van der Waals surface area contributed by atoms with Crippen LogP contribution in [0.3, 0.4) is 0 Å². The molecular formula is C15H16ClN3O2. The highest BCUT2D eigenvalue weighted by Crippen LogP contribution is 2.32. The fourth-order valence-electron chi connectivity index (χ4n) is 2.39. The number of hydrogen-bond acceptors (Lipinski definition) is 5. The van der Waals surface area contributed by atoms with Crippen LogP contribution in [0.2, 0.25) is 0 Å². The van der Waals surface area contributed by atoms with Crippen LogP contribution < -0.4 is 9.47 Å². The van der Waals surface area contributed by atoms with Gasteiger partial charge in [-0.2, -0.15) is 0 Å². The van der Waals surface area contributed by atoms with Crippen molar-refractivity contribution in [3.63, 3.8) is 0 Å². The van der Waals surface area contributed by atoms with Crippen LogP contribution in [0.1, 0.15) is 12.0 Å². The summed E-state index contributed by atoms with van der Waals surface area (Å²) in [7, 11) is 3.22. The summed E-state index contributed by atoms with van der Waals surface area (Å²) in [6.45, 7) is 1.68. The Morgan fingerprint density at radius 2 is 2.00 bits per heavy atom. The first-order chi connectivity index (χ1) is 10.2. The van der Waals surface area contributed by atoms with Gasteiger partial charge in [0.05, 0.1) is 19.9 Å². The van der Waals surface area contributed by atoms with Crippen LogP contribution in [-0.2, 0) is 0 Å². The minimum absolute atomic E-state index is 0.459. The monoisotopic (exact) mass is 305 g/mol. The lowest BCUT2D eigenvalue weighted by molar-refractivity contribution is 0.355. The maximum Gasteiger partial charge on any atom is 0.204 e. The van der Waals surface area contributed by atoms with Gasteiger partial charge < -0.3 is 14.4 Å². The SMILES string of the molecule is COc1ccc(C2=CC3=NCCCN3C(Cl)=N2)cc1OC. The van der Waals surface area contributed by atoms with Crippen molar-refractivity contribution < 1.29 is 9.47 Å². The van der Waals surface area contributed by atoms with Crippen LogP contribution >= 0.6 is 11.6 Å². The number of ether oxygens (including phenoxy) is 2. The van der Waals surface area contributed by atoms with Gasteiger partial charge in [0, 0.05) is 24.7 Å². The number of amidine groups is 2. The molecule has 0 aliphatic carbocycles. The molecule has 2 aliphatic heterocycles. The lowest BCUT2D eigenvalue weighted by Gasteiger charge is -2.29. The molecule has 21 heavy (non-hydrogen) atoms. The fraction of sp³-hybridized carbons (Fsp3) is 0.333. The van der Waals surface area contributed by atoms with Crippen LogP contribution in [0.4, 0.5) is 0 Å². The third-order valence-corrected chi connectivity index (χ3v) is 3.76. The third-order valence-electron chi connectivity index (χ3n) is 3.47.